The normalized spacial score (nSPS) is 12.9. The van der Waals surface area contributed by atoms with Crippen molar-refractivity contribution in [2.75, 3.05) is 6.61 Å². The summed E-state index contributed by atoms with van der Waals surface area (Å²) in [7, 11) is -3.12. The van der Waals surface area contributed by atoms with E-state index in [0.29, 0.717) is 0 Å². The number of carbonyl (C=O) groups excluding carboxylic acids is 1. The van der Waals surface area contributed by atoms with E-state index in [0.717, 1.165) is 6.08 Å². The lowest BCUT2D eigenvalue weighted by Gasteiger charge is -2.18. The molecule has 0 aliphatic rings. The van der Waals surface area contributed by atoms with Crippen LogP contribution in [-0.4, -0.2) is 43.0 Å². The minimum atomic E-state index is -3.12. The number of hydrogen-bond acceptors (Lipinski definition) is 6. The minimum Gasteiger partial charge on any atom is -0.430 e. The first-order valence-electron chi connectivity index (χ1n) is 4.42. The Morgan fingerprint density at radius 2 is 1.94 bits per heavy atom. The monoisotopic (exact) mass is 268 g/mol. The van der Waals surface area contributed by atoms with Crippen molar-refractivity contribution < 1.29 is 32.3 Å². The molecule has 0 bridgehead atoms. The molecule has 0 aromatic carbocycles. The first kappa shape index (κ1) is 18.2. The summed E-state index contributed by atoms with van der Waals surface area (Å²) in [5.74, 6) is -0.630. The van der Waals surface area contributed by atoms with Crippen LogP contribution in [0, 0.1) is 0 Å². The highest BCUT2D eigenvalue weighted by molar-refractivity contribution is 7.66. The molecule has 0 heterocycles. The predicted octanol–water partition coefficient (Wildman–Crippen LogP) is -0.304. The third-order valence-corrected chi connectivity index (χ3v) is 1.17. The van der Waals surface area contributed by atoms with Gasteiger partial charge in [-0.05, 0) is 6.92 Å². The Balaban J connectivity index is 0. The highest BCUT2D eigenvalue weighted by Gasteiger charge is 2.18. The number of carbonyl (C=O) groups is 1. The molecule has 2 atom stereocenters. The van der Waals surface area contributed by atoms with Crippen LogP contribution in [0.15, 0.2) is 25.3 Å². The van der Waals surface area contributed by atoms with E-state index in [1.165, 1.54) is 13.0 Å². The van der Waals surface area contributed by atoms with Gasteiger partial charge in [0.1, 0.15) is 6.10 Å². The number of hydrogen-bond donors (Lipinski definition) is 3. The Morgan fingerprint density at radius 3 is 2.24 bits per heavy atom. The fourth-order valence-corrected chi connectivity index (χ4v) is 0.597. The first-order chi connectivity index (χ1) is 7.84. The van der Waals surface area contributed by atoms with Gasteiger partial charge >= 0.3 is 5.97 Å². The summed E-state index contributed by atoms with van der Waals surface area (Å²) in [4.78, 5) is 10.7. The Bertz CT molecular complexity index is 300. The lowest BCUT2D eigenvalue weighted by atomic mass is 10.4. The van der Waals surface area contributed by atoms with E-state index >= 15 is 0 Å². The van der Waals surface area contributed by atoms with Crippen LogP contribution in [0.2, 0.25) is 0 Å². The van der Waals surface area contributed by atoms with Crippen molar-refractivity contribution in [3.05, 3.63) is 25.3 Å². The van der Waals surface area contributed by atoms with Gasteiger partial charge in [-0.2, -0.15) is 0 Å². The maximum atomic E-state index is 10.7. The average molecular weight is 268 g/mol. The van der Waals surface area contributed by atoms with Crippen LogP contribution in [0.5, 0.6) is 0 Å². The summed E-state index contributed by atoms with van der Waals surface area (Å²) in [5.41, 5.74) is 0. The van der Waals surface area contributed by atoms with Gasteiger partial charge in [-0.1, -0.05) is 12.7 Å². The molecule has 100 valence electrons. The van der Waals surface area contributed by atoms with Crippen molar-refractivity contribution in [1.29, 1.82) is 0 Å². The number of thiol groups is 1. The molecule has 0 radical (unpaired) electrons. The van der Waals surface area contributed by atoms with Gasteiger partial charge in [0.15, 0.2) is 0 Å². The predicted molar refractivity (Wildman–Crippen MR) is 60.9 cm³/mol. The zero-order valence-corrected chi connectivity index (χ0v) is 10.2. The summed E-state index contributed by atoms with van der Waals surface area (Å²) in [6.45, 7) is 8.32. The van der Waals surface area contributed by atoms with Crippen LogP contribution in [0.25, 0.3) is 0 Å². The summed E-state index contributed by atoms with van der Waals surface area (Å²) in [5, 5.41) is 9.11. The number of rotatable bonds is 6. The molecule has 0 spiro atoms. The van der Waals surface area contributed by atoms with Crippen molar-refractivity contribution in [3.63, 3.8) is 0 Å². The molecule has 2 unspecified atom stereocenters. The summed E-state index contributed by atoms with van der Waals surface area (Å²) in [6.07, 6.45) is 0.649. The second-order valence-electron chi connectivity index (χ2n) is 2.61. The SMILES string of the molecule is C=CCOC(OC(=O)C=C)C(C)O.O=[SH](=O)O. The molecule has 0 saturated heterocycles. The summed E-state index contributed by atoms with van der Waals surface area (Å²) in [6, 6.07) is 0. The molecule has 0 aromatic rings. The van der Waals surface area contributed by atoms with Gasteiger partial charge in [0.05, 0.1) is 6.61 Å². The quantitative estimate of drug-likeness (QED) is 0.151. The molecule has 0 saturated carbocycles. The van der Waals surface area contributed by atoms with E-state index in [9.17, 15) is 4.79 Å². The Hall–Kier alpha value is -1.22. The molecule has 0 fully saturated rings. The van der Waals surface area contributed by atoms with Crippen molar-refractivity contribution in [1.82, 2.24) is 0 Å². The number of aliphatic hydroxyl groups excluding tert-OH is 1. The van der Waals surface area contributed by atoms with E-state index in [1.54, 1.807) is 0 Å². The minimum absolute atomic E-state index is 0.208. The molecule has 0 aliphatic heterocycles. The van der Waals surface area contributed by atoms with E-state index in [-0.39, 0.29) is 6.61 Å². The largest absolute Gasteiger partial charge is 0.430 e. The van der Waals surface area contributed by atoms with Gasteiger partial charge in [0.2, 0.25) is 6.29 Å². The standard InChI is InChI=1S/C9H14O4.H2O3S/c1-4-6-12-9(7(3)10)13-8(11)5-2;1-4(2)3/h4-5,7,9-10H,1-2,6H2,3H3;4H,(H,1,2,3). The third kappa shape index (κ3) is 14.8. The summed E-state index contributed by atoms with van der Waals surface area (Å²) >= 11 is 0. The van der Waals surface area contributed by atoms with Gasteiger partial charge < -0.3 is 14.6 Å². The van der Waals surface area contributed by atoms with Crippen LogP contribution in [0.4, 0.5) is 0 Å². The Kier molecular flexibility index (Phi) is 12.0. The third-order valence-electron chi connectivity index (χ3n) is 1.17. The van der Waals surface area contributed by atoms with E-state index < -0.39 is 29.3 Å². The molecule has 2 N–H and O–H groups in total. The smallest absolute Gasteiger partial charge is 0.332 e. The number of esters is 1. The Morgan fingerprint density at radius 1 is 1.47 bits per heavy atom. The van der Waals surface area contributed by atoms with E-state index in [1.807, 2.05) is 0 Å². The molecule has 17 heavy (non-hydrogen) atoms. The van der Waals surface area contributed by atoms with Crippen LogP contribution in [0.3, 0.4) is 0 Å². The topological polar surface area (TPSA) is 110 Å². The number of aliphatic hydroxyl groups is 1. The molecular weight excluding hydrogens is 252 g/mol. The molecule has 0 aromatic heterocycles. The van der Waals surface area contributed by atoms with Crippen LogP contribution < -0.4 is 0 Å². The second-order valence-corrected chi connectivity index (χ2v) is 3.09. The second kappa shape index (κ2) is 11.3. The zero-order chi connectivity index (χ0) is 13.8. The van der Waals surface area contributed by atoms with Crippen LogP contribution in [0.1, 0.15) is 6.92 Å². The van der Waals surface area contributed by atoms with Crippen molar-refractivity contribution in [2.45, 2.75) is 19.3 Å². The van der Waals surface area contributed by atoms with Crippen LogP contribution >= 0.6 is 0 Å². The highest BCUT2D eigenvalue weighted by atomic mass is 32.2. The average Bonchev–Trinajstić information content (AvgIpc) is 2.22. The molecule has 0 aliphatic carbocycles. The van der Waals surface area contributed by atoms with Gasteiger partial charge in [0, 0.05) is 6.08 Å². The fourth-order valence-electron chi connectivity index (χ4n) is 0.597. The molecule has 8 heteroatoms. The molecule has 0 amide bonds. The zero-order valence-electron chi connectivity index (χ0n) is 9.31. The van der Waals surface area contributed by atoms with Crippen molar-refractivity contribution >= 4 is 17.0 Å². The van der Waals surface area contributed by atoms with E-state index in [4.69, 9.17) is 22.8 Å². The highest BCUT2D eigenvalue weighted by Crippen LogP contribution is 2.02. The van der Waals surface area contributed by atoms with Gasteiger partial charge in [-0.3, -0.25) is 4.55 Å². The maximum Gasteiger partial charge on any atom is 0.332 e. The van der Waals surface area contributed by atoms with Gasteiger partial charge in [-0.15, -0.1) is 6.58 Å². The number of ether oxygens (including phenoxy) is 2. The lowest BCUT2D eigenvalue weighted by Crippen LogP contribution is -2.31. The van der Waals surface area contributed by atoms with Gasteiger partial charge in [-0.25, -0.2) is 13.2 Å². The molecular formula is C9H16O7S. The summed E-state index contributed by atoms with van der Waals surface area (Å²) < 4.78 is 33.8. The van der Waals surface area contributed by atoms with Crippen LogP contribution in [-0.2, 0) is 25.3 Å². The molecule has 0 rings (SSSR count). The lowest BCUT2D eigenvalue weighted by molar-refractivity contribution is -0.192. The first-order valence-corrected chi connectivity index (χ1v) is 5.55. The fraction of sp³-hybridized carbons (Fsp3) is 0.444. The van der Waals surface area contributed by atoms with Crippen molar-refractivity contribution in [3.8, 4) is 0 Å². The van der Waals surface area contributed by atoms with Crippen molar-refractivity contribution in [2.24, 2.45) is 0 Å². The maximum absolute atomic E-state index is 10.7. The molecule has 7 nitrogen and oxygen atoms in total. The Labute approximate surface area is 101 Å². The van der Waals surface area contributed by atoms with Gasteiger partial charge in [0.25, 0.3) is 11.0 Å². The van der Waals surface area contributed by atoms with E-state index in [2.05, 4.69) is 17.9 Å².